The van der Waals surface area contributed by atoms with Gasteiger partial charge < -0.3 is 19.4 Å². The molecule has 1 saturated carbocycles. The van der Waals surface area contributed by atoms with Crippen molar-refractivity contribution in [3.63, 3.8) is 0 Å². The summed E-state index contributed by atoms with van der Waals surface area (Å²) in [5.74, 6) is -0.0528. The van der Waals surface area contributed by atoms with Crippen LogP contribution in [-0.4, -0.2) is 21.8 Å². The molecule has 164 valence electrons. The summed E-state index contributed by atoms with van der Waals surface area (Å²) in [5, 5.41) is 2.85. The van der Waals surface area contributed by atoms with E-state index in [-0.39, 0.29) is 23.0 Å². The molecule has 2 aliphatic rings. The molecular formula is C23H19F2N3O4. The number of carbonyl (C=O) groups excluding carboxylic acids is 1. The van der Waals surface area contributed by atoms with Gasteiger partial charge in [0.25, 0.3) is 0 Å². The Morgan fingerprint density at radius 3 is 2.56 bits per heavy atom. The van der Waals surface area contributed by atoms with Crippen LogP contribution in [0.15, 0.2) is 53.5 Å². The van der Waals surface area contributed by atoms with Gasteiger partial charge in [-0.05, 0) is 55.2 Å². The van der Waals surface area contributed by atoms with Crippen LogP contribution >= 0.6 is 0 Å². The second-order valence-corrected chi connectivity index (χ2v) is 8.09. The predicted octanol–water partition coefficient (Wildman–Crippen LogP) is 3.75. The molecule has 1 aliphatic carbocycles. The minimum Gasteiger partial charge on any atom is -0.395 e. The predicted molar refractivity (Wildman–Crippen MR) is 112 cm³/mol. The summed E-state index contributed by atoms with van der Waals surface area (Å²) in [5.41, 5.74) is 1.90. The Bertz CT molecular complexity index is 1310. The molecule has 0 spiro atoms. The Morgan fingerprint density at radius 2 is 1.84 bits per heavy atom. The number of anilines is 1. The lowest BCUT2D eigenvalue weighted by Crippen LogP contribution is -2.28. The first kappa shape index (κ1) is 20.2. The number of nitrogens with one attached hydrogen (secondary N) is 1. The van der Waals surface area contributed by atoms with Gasteiger partial charge in [0, 0.05) is 24.9 Å². The lowest BCUT2D eigenvalue weighted by atomic mass is 9.94. The number of rotatable bonds is 4. The van der Waals surface area contributed by atoms with Gasteiger partial charge >= 0.3 is 6.29 Å². The molecular weight excluding hydrogens is 420 g/mol. The Balaban J connectivity index is 1.41. The zero-order valence-corrected chi connectivity index (χ0v) is 17.3. The molecule has 9 heteroatoms. The highest BCUT2D eigenvalue weighted by Gasteiger charge is 2.53. The number of aryl methyl sites for hydroxylation is 2. The first-order chi connectivity index (χ1) is 15.2. The molecule has 0 atom stereocenters. The highest BCUT2D eigenvalue weighted by atomic mass is 19.3. The maximum atomic E-state index is 13.3. The summed E-state index contributed by atoms with van der Waals surface area (Å²) < 4.78 is 37.1. The Hall–Kier alpha value is -3.75. The highest BCUT2D eigenvalue weighted by molar-refractivity contribution is 6.01. The second kappa shape index (κ2) is 6.88. The summed E-state index contributed by atoms with van der Waals surface area (Å²) >= 11 is 0. The normalized spacial score (nSPS) is 17.1. The van der Waals surface area contributed by atoms with Crippen LogP contribution in [0.1, 0.15) is 24.0 Å². The first-order valence-corrected chi connectivity index (χ1v) is 10.0. The molecule has 2 aromatic heterocycles. The van der Waals surface area contributed by atoms with E-state index >= 15 is 0 Å². The van der Waals surface area contributed by atoms with Crippen LogP contribution in [0.25, 0.3) is 11.3 Å². The molecule has 7 nitrogen and oxygen atoms in total. The van der Waals surface area contributed by atoms with Gasteiger partial charge in [0.15, 0.2) is 11.5 Å². The third kappa shape index (κ3) is 3.39. The average molecular weight is 439 g/mol. The maximum absolute atomic E-state index is 13.3. The van der Waals surface area contributed by atoms with Crippen molar-refractivity contribution in [2.45, 2.75) is 31.5 Å². The highest BCUT2D eigenvalue weighted by Crippen LogP contribution is 2.52. The van der Waals surface area contributed by atoms with E-state index in [1.54, 1.807) is 31.4 Å². The smallest absolute Gasteiger partial charge is 0.395 e. The molecule has 1 N–H and O–H groups in total. The minimum absolute atomic E-state index is 0.0583. The van der Waals surface area contributed by atoms with E-state index in [4.69, 9.17) is 0 Å². The number of halogens is 2. The Morgan fingerprint density at radius 1 is 1.09 bits per heavy atom. The van der Waals surface area contributed by atoms with Crippen molar-refractivity contribution in [3.05, 3.63) is 70.1 Å². The van der Waals surface area contributed by atoms with E-state index in [0.717, 1.165) is 11.1 Å². The standard InChI is InChI=1S/C23H19F2N3O4/c1-13-3-7-18(26-20(13)14-4-8-19(29)28(2)12-14)27-21(30)22(9-10-22)15-5-6-16-17(11-15)32-23(24,25)31-16/h3-8,11-12H,9-10H2,1-2H3,(H,26,27,30). The average Bonchev–Trinajstić information content (AvgIpc) is 3.48. The lowest BCUT2D eigenvalue weighted by molar-refractivity contribution is -0.286. The van der Waals surface area contributed by atoms with Gasteiger partial charge in [-0.3, -0.25) is 9.59 Å². The molecule has 3 aromatic rings. The molecule has 1 fully saturated rings. The van der Waals surface area contributed by atoms with Gasteiger partial charge in [0.05, 0.1) is 11.1 Å². The molecule has 0 bridgehead atoms. The molecule has 0 radical (unpaired) electrons. The number of fused-ring (bicyclic) bond motifs is 1. The maximum Gasteiger partial charge on any atom is 0.586 e. The third-order valence-corrected chi connectivity index (χ3v) is 5.84. The molecule has 5 rings (SSSR count). The van der Waals surface area contributed by atoms with Crippen molar-refractivity contribution in [1.82, 2.24) is 9.55 Å². The van der Waals surface area contributed by atoms with E-state index in [1.807, 2.05) is 13.0 Å². The van der Waals surface area contributed by atoms with Gasteiger partial charge in [0.1, 0.15) is 5.82 Å². The zero-order chi connectivity index (χ0) is 22.7. The minimum atomic E-state index is -3.71. The molecule has 0 saturated heterocycles. The number of alkyl halides is 2. The van der Waals surface area contributed by atoms with E-state index in [1.165, 1.54) is 22.8 Å². The van der Waals surface area contributed by atoms with Crippen molar-refractivity contribution in [2.24, 2.45) is 7.05 Å². The van der Waals surface area contributed by atoms with Gasteiger partial charge in [0.2, 0.25) is 11.5 Å². The number of carbonyl (C=O) groups is 1. The van der Waals surface area contributed by atoms with E-state index in [9.17, 15) is 18.4 Å². The van der Waals surface area contributed by atoms with E-state index < -0.39 is 11.7 Å². The molecule has 0 unspecified atom stereocenters. The molecule has 1 aromatic carbocycles. The molecule has 1 amide bonds. The summed E-state index contributed by atoms with van der Waals surface area (Å²) in [6.07, 6.45) is -0.861. The van der Waals surface area contributed by atoms with Gasteiger partial charge in [-0.2, -0.15) is 0 Å². The van der Waals surface area contributed by atoms with Crippen LogP contribution in [0.3, 0.4) is 0 Å². The van der Waals surface area contributed by atoms with Gasteiger partial charge in [-0.1, -0.05) is 12.1 Å². The van der Waals surface area contributed by atoms with Gasteiger partial charge in [-0.15, -0.1) is 8.78 Å². The van der Waals surface area contributed by atoms with Crippen LogP contribution in [0.5, 0.6) is 11.5 Å². The van der Waals surface area contributed by atoms with E-state index in [0.29, 0.717) is 29.9 Å². The SMILES string of the molecule is Cc1ccc(NC(=O)C2(c3ccc4c(c3)OC(F)(F)O4)CC2)nc1-c1ccc(=O)n(C)c1. The number of pyridine rings is 2. The number of benzene rings is 1. The number of aromatic nitrogens is 2. The van der Waals surface area contributed by atoms with Crippen LogP contribution in [0.2, 0.25) is 0 Å². The molecule has 32 heavy (non-hydrogen) atoms. The summed E-state index contributed by atoms with van der Waals surface area (Å²) in [4.78, 5) is 29.4. The zero-order valence-electron chi connectivity index (χ0n) is 17.3. The van der Waals surface area contributed by atoms with E-state index in [2.05, 4.69) is 19.8 Å². The number of hydrogen-bond acceptors (Lipinski definition) is 5. The second-order valence-electron chi connectivity index (χ2n) is 8.09. The fourth-order valence-corrected chi connectivity index (χ4v) is 3.88. The summed E-state index contributed by atoms with van der Waals surface area (Å²) in [6.45, 7) is 1.89. The topological polar surface area (TPSA) is 82.5 Å². The number of hydrogen-bond donors (Lipinski definition) is 1. The molecule has 3 heterocycles. The largest absolute Gasteiger partial charge is 0.586 e. The summed E-state index contributed by atoms with van der Waals surface area (Å²) in [6, 6.07) is 11.1. The monoisotopic (exact) mass is 439 g/mol. The Kier molecular flexibility index (Phi) is 4.34. The Labute approximate surface area is 181 Å². The third-order valence-electron chi connectivity index (χ3n) is 5.84. The first-order valence-electron chi connectivity index (χ1n) is 10.0. The van der Waals surface area contributed by atoms with Crippen LogP contribution < -0.4 is 20.3 Å². The quantitative estimate of drug-likeness (QED) is 0.670. The fraction of sp³-hybridized carbons (Fsp3) is 0.261. The van der Waals surface area contributed by atoms with Crippen LogP contribution in [0.4, 0.5) is 14.6 Å². The van der Waals surface area contributed by atoms with Gasteiger partial charge in [-0.25, -0.2) is 4.98 Å². The fourth-order valence-electron chi connectivity index (χ4n) is 3.88. The lowest BCUT2D eigenvalue weighted by Gasteiger charge is -2.17. The summed E-state index contributed by atoms with van der Waals surface area (Å²) in [7, 11) is 1.66. The van der Waals surface area contributed by atoms with Crippen LogP contribution in [0, 0.1) is 6.92 Å². The van der Waals surface area contributed by atoms with Crippen molar-refractivity contribution < 1.29 is 23.0 Å². The van der Waals surface area contributed by atoms with Crippen LogP contribution in [-0.2, 0) is 17.3 Å². The number of ether oxygens (including phenoxy) is 2. The van der Waals surface area contributed by atoms with Crippen molar-refractivity contribution in [2.75, 3.05) is 5.32 Å². The van der Waals surface area contributed by atoms with Crippen molar-refractivity contribution in [1.29, 1.82) is 0 Å². The number of amides is 1. The van der Waals surface area contributed by atoms with Crippen molar-refractivity contribution in [3.8, 4) is 22.8 Å². The van der Waals surface area contributed by atoms with Crippen molar-refractivity contribution >= 4 is 11.7 Å². The number of nitrogens with zero attached hydrogens (tertiary/aromatic N) is 2. The molecule has 1 aliphatic heterocycles.